The van der Waals surface area contributed by atoms with Crippen LogP contribution in [-0.4, -0.2) is 27.2 Å². The van der Waals surface area contributed by atoms with E-state index in [1.165, 1.54) is 0 Å². The number of carboxylic acids is 1. The molecule has 1 aromatic rings. The summed E-state index contributed by atoms with van der Waals surface area (Å²) in [6.07, 6.45) is 5.65. The highest BCUT2D eigenvalue weighted by Crippen LogP contribution is 2.00. The lowest BCUT2D eigenvalue weighted by atomic mass is 10.3. The van der Waals surface area contributed by atoms with E-state index >= 15 is 0 Å². The first-order valence-corrected chi connectivity index (χ1v) is 5.65. The van der Waals surface area contributed by atoms with Crippen molar-refractivity contribution in [3.8, 4) is 0 Å². The van der Waals surface area contributed by atoms with Crippen molar-refractivity contribution in [3.63, 3.8) is 0 Å². The van der Waals surface area contributed by atoms with Crippen LogP contribution in [0.25, 0.3) is 0 Å². The number of aromatic nitrogens is 2. The van der Waals surface area contributed by atoms with Gasteiger partial charge >= 0.3 is 5.97 Å². The molecule has 0 bridgehead atoms. The smallest absolute Gasteiger partial charge is 0.303 e. The third-order valence-corrected chi connectivity index (χ3v) is 2.31. The number of nitrogens with one attached hydrogen (secondary N) is 1. The summed E-state index contributed by atoms with van der Waals surface area (Å²) in [5.74, 6) is -0.738. The minimum absolute atomic E-state index is 0.223. The molecule has 0 aliphatic heterocycles. The number of imidazole rings is 1. The van der Waals surface area contributed by atoms with Gasteiger partial charge in [-0.3, -0.25) is 4.79 Å². The molecular weight excluding hydrogens is 206 g/mol. The standard InChI is InChI=1S/C11H19N3O2/c1-2-6-14-9-13-8-10(14)7-12-5-3-4-11(15)16/h8-9,12H,2-7H2,1H3,(H,15,16). The van der Waals surface area contributed by atoms with Gasteiger partial charge in [-0.05, 0) is 19.4 Å². The molecule has 16 heavy (non-hydrogen) atoms. The van der Waals surface area contributed by atoms with Gasteiger partial charge in [0.1, 0.15) is 0 Å². The lowest BCUT2D eigenvalue weighted by Crippen LogP contribution is -2.18. The second-order valence-electron chi connectivity index (χ2n) is 3.75. The van der Waals surface area contributed by atoms with Crippen LogP contribution in [0, 0.1) is 0 Å². The van der Waals surface area contributed by atoms with Crippen LogP contribution in [0.1, 0.15) is 31.9 Å². The SMILES string of the molecule is CCCn1cncc1CNCCCC(=O)O. The van der Waals surface area contributed by atoms with Crippen LogP contribution in [0.5, 0.6) is 0 Å². The fourth-order valence-corrected chi connectivity index (χ4v) is 1.52. The largest absolute Gasteiger partial charge is 0.481 e. The average Bonchev–Trinajstić information content (AvgIpc) is 2.65. The van der Waals surface area contributed by atoms with Gasteiger partial charge in [0, 0.05) is 25.7 Å². The Morgan fingerprint density at radius 2 is 2.44 bits per heavy atom. The van der Waals surface area contributed by atoms with E-state index in [0.29, 0.717) is 6.42 Å². The molecule has 1 aromatic heterocycles. The van der Waals surface area contributed by atoms with Crippen molar-refractivity contribution in [2.45, 2.75) is 39.3 Å². The van der Waals surface area contributed by atoms with Crippen molar-refractivity contribution in [1.29, 1.82) is 0 Å². The van der Waals surface area contributed by atoms with Gasteiger partial charge in [-0.1, -0.05) is 6.92 Å². The van der Waals surface area contributed by atoms with Gasteiger partial charge in [-0.15, -0.1) is 0 Å². The Bertz CT molecular complexity index is 323. The topological polar surface area (TPSA) is 67.2 Å². The fraction of sp³-hybridized carbons (Fsp3) is 0.636. The van der Waals surface area contributed by atoms with Gasteiger partial charge in [0.2, 0.25) is 0 Å². The molecule has 0 saturated heterocycles. The summed E-state index contributed by atoms with van der Waals surface area (Å²) in [5.41, 5.74) is 1.15. The zero-order valence-electron chi connectivity index (χ0n) is 9.65. The van der Waals surface area contributed by atoms with Crippen molar-refractivity contribution in [2.24, 2.45) is 0 Å². The molecule has 0 amide bonds. The lowest BCUT2D eigenvalue weighted by Gasteiger charge is -2.07. The summed E-state index contributed by atoms with van der Waals surface area (Å²) >= 11 is 0. The molecule has 2 N–H and O–H groups in total. The first-order chi connectivity index (χ1) is 7.74. The maximum Gasteiger partial charge on any atom is 0.303 e. The highest BCUT2D eigenvalue weighted by molar-refractivity contribution is 5.66. The summed E-state index contributed by atoms with van der Waals surface area (Å²) in [7, 11) is 0. The molecular formula is C11H19N3O2. The fourth-order valence-electron chi connectivity index (χ4n) is 1.52. The first-order valence-electron chi connectivity index (χ1n) is 5.65. The van der Waals surface area contributed by atoms with Gasteiger partial charge in [-0.25, -0.2) is 4.98 Å². The molecule has 0 spiro atoms. The number of rotatable bonds is 8. The van der Waals surface area contributed by atoms with E-state index in [-0.39, 0.29) is 6.42 Å². The molecule has 0 radical (unpaired) electrons. The van der Waals surface area contributed by atoms with Crippen LogP contribution < -0.4 is 5.32 Å². The minimum Gasteiger partial charge on any atom is -0.481 e. The van der Waals surface area contributed by atoms with Gasteiger partial charge in [0.25, 0.3) is 0 Å². The molecule has 0 saturated carbocycles. The third kappa shape index (κ3) is 4.44. The average molecular weight is 225 g/mol. The maximum absolute atomic E-state index is 10.3. The van der Waals surface area contributed by atoms with E-state index in [1.807, 2.05) is 12.5 Å². The van der Waals surface area contributed by atoms with Gasteiger partial charge in [-0.2, -0.15) is 0 Å². The third-order valence-electron chi connectivity index (χ3n) is 2.31. The first kappa shape index (κ1) is 12.7. The van der Waals surface area contributed by atoms with E-state index in [1.54, 1.807) is 0 Å². The van der Waals surface area contributed by atoms with Crippen LogP contribution in [0.3, 0.4) is 0 Å². The molecule has 0 aromatic carbocycles. The van der Waals surface area contributed by atoms with Crippen LogP contribution in [0.15, 0.2) is 12.5 Å². The summed E-state index contributed by atoms with van der Waals surface area (Å²) in [6, 6.07) is 0. The molecule has 90 valence electrons. The number of hydrogen-bond acceptors (Lipinski definition) is 3. The Kier molecular flexibility index (Phi) is 5.56. The van der Waals surface area contributed by atoms with E-state index in [4.69, 9.17) is 5.11 Å². The Hall–Kier alpha value is -1.36. The zero-order chi connectivity index (χ0) is 11.8. The molecule has 0 unspecified atom stereocenters. The van der Waals surface area contributed by atoms with Crippen molar-refractivity contribution in [1.82, 2.24) is 14.9 Å². The Balaban J connectivity index is 2.21. The summed E-state index contributed by atoms with van der Waals surface area (Å²) < 4.78 is 2.12. The minimum atomic E-state index is -0.738. The number of carbonyl (C=O) groups is 1. The molecule has 0 atom stereocenters. The Labute approximate surface area is 95.5 Å². The molecule has 0 aliphatic carbocycles. The van der Waals surface area contributed by atoms with Gasteiger partial charge in [0.15, 0.2) is 0 Å². The quantitative estimate of drug-likeness (QED) is 0.653. The highest BCUT2D eigenvalue weighted by Gasteiger charge is 2.01. The highest BCUT2D eigenvalue weighted by atomic mass is 16.4. The monoisotopic (exact) mass is 225 g/mol. The van der Waals surface area contributed by atoms with E-state index in [9.17, 15) is 4.79 Å². The molecule has 5 nitrogen and oxygen atoms in total. The number of aryl methyl sites for hydroxylation is 1. The zero-order valence-corrected chi connectivity index (χ0v) is 9.65. The van der Waals surface area contributed by atoms with E-state index < -0.39 is 5.97 Å². The van der Waals surface area contributed by atoms with E-state index in [0.717, 1.165) is 31.7 Å². The summed E-state index contributed by atoms with van der Waals surface area (Å²) in [4.78, 5) is 14.4. The molecule has 0 fully saturated rings. The number of carboxylic acid groups (broad SMARTS) is 1. The van der Waals surface area contributed by atoms with Crippen LogP contribution >= 0.6 is 0 Å². The van der Waals surface area contributed by atoms with E-state index in [2.05, 4.69) is 21.8 Å². The number of nitrogens with zero attached hydrogens (tertiary/aromatic N) is 2. The number of hydrogen-bond donors (Lipinski definition) is 2. The van der Waals surface area contributed by atoms with Gasteiger partial charge in [0.05, 0.1) is 12.0 Å². The predicted octanol–water partition coefficient (Wildman–Crippen LogP) is 1.25. The number of aliphatic carboxylic acids is 1. The van der Waals surface area contributed by atoms with Crippen LogP contribution in [-0.2, 0) is 17.9 Å². The van der Waals surface area contributed by atoms with Crippen molar-refractivity contribution in [3.05, 3.63) is 18.2 Å². The molecule has 5 heteroatoms. The summed E-state index contributed by atoms with van der Waals surface area (Å²) in [6.45, 7) is 4.58. The summed E-state index contributed by atoms with van der Waals surface area (Å²) in [5, 5.41) is 11.7. The second-order valence-corrected chi connectivity index (χ2v) is 3.75. The lowest BCUT2D eigenvalue weighted by molar-refractivity contribution is -0.137. The Morgan fingerprint density at radius 3 is 3.12 bits per heavy atom. The molecule has 1 rings (SSSR count). The normalized spacial score (nSPS) is 10.6. The van der Waals surface area contributed by atoms with Crippen molar-refractivity contribution >= 4 is 5.97 Å². The van der Waals surface area contributed by atoms with Crippen molar-refractivity contribution < 1.29 is 9.90 Å². The van der Waals surface area contributed by atoms with Gasteiger partial charge < -0.3 is 15.0 Å². The van der Waals surface area contributed by atoms with Crippen LogP contribution in [0.4, 0.5) is 0 Å². The predicted molar refractivity (Wildman–Crippen MR) is 61.1 cm³/mol. The van der Waals surface area contributed by atoms with Crippen LogP contribution in [0.2, 0.25) is 0 Å². The maximum atomic E-state index is 10.3. The van der Waals surface area contributed by atoms with Crippen molar-refractivity contribution in [2.75, 3.05) is 6.54 Å². The molecule has 0 aliphatic rings. The molecule has 1 heterocycles. The Morgan fingerprint density at radius 1 is 1.62 bits per heavy atom. The second kappa shape index (κ2) is 7.00.